The lowest BCUT2D eigenvalue weighted by molar-refractivity contribution is -0.126. The maximum absolute atomic E-state index is 12.5. The summed E-state index contributed by atoms with van der Waals surface area (Å²) in [5.41, 5.74) is 4.71. The number of nitrogens with one attached hydrogen (secondary N) is 1. The Balaban J connectivity index is 3.12. The fraction of sp³-hybridized carbons (Fsp3) is 0.400. The third-order valence-electron chi connectivity index (χ3n) is 2.75. The van der Waals surface area contributed by atoms with Gasteiger partial charge in [0.05, 0.1) is 4.90 Å². The minimum Gasteiger partial charge on any atom is -0.273 e. The first-order valence-electron chi connectivity index (χ1n) is 6.68. The summed E-state index contributed by atoms with van der Waals surface area (Å²) in [6, 6.07) is 6.11. The Kier molecular flexibility index (Phi) is 5.69. The van der Waals surface area contributed by atoms with E-state index < -0.39 is 15.9 Å². The molecule has 6 heteroatoms. The van der Waals surface area contributed by atoms with Crippen LogP contribution in [-0.4, -0.2) is 24.8 Å². The van der Waals surface area contributed by atoms with E-state index in [1.807, 2.05) is 26.8 Å². The van der Waals surface area contributed by atoms with E-state index in [9.17, 15) is 13.2 Å². The second-order valence-corrected chi connectivity index (χ2v) is 7.05. The predicted molar refractivity (Wildman–Crippen MR) is 82.9 cm³/mol. The zero-order valence-electron chi connectivity index (χ0n) is 13.0. The van der Waals surface area contributed by atoms with Gasteiger partial charge in [-0.25, -0.2) is 5.43 Å². The van der Waals surface area contributed by atoms with Crippen LogP contribution in [0.15, 0.2) is 40.8 Å². The number of sulfonamides is 1. The summed E-state index contributed by atoms with van der Waals surface area (Å²) in [4.78, 5) is 11.8. The van der Waals surface area contributed by atoms with Crippen molar-refractivity contribution in [3.8, 4) is 0 Å². The number of amides is 1. The third kappa shape index (κ3) is 4.68. The van der Waals surface area contributed by atoms with Crippen LogP contribution in [0.4, 0.5) is 0 Å². The lowest BCUT2D eigenvalue weighted by atomic mass is 10.2. The largest absolute Gasteiger partial charge is 0.280 e. The highest BCUT2D eigenvalue weighted by Gasteiger charge is 2.27. The molecule has 1 rings (SSSR count). The Morgan fingerprint density at radius 1 is 1.19 bits per heavy atom. The number of benzene rings is 1. The molecule has 1 atom stereocenters. The van der Waals surface area contributed by atoms with Crippen molar-refractivity contribution in [2.45, 2.75) is 45.6 Å². The monoisotopic (exact) mass is 310 g/mol. The van der Waals surface area contributed by atoms with E-state index in [-0.39, 0.29) is 10.9 Å². The van der Waals surface area contributed by atoms with Gasteiger partial charge in [0.25, 0.3) is 10.0 Å². The zero-order chi connectivity index (χ0) is 16.2. The van der Waals surface area contributed by atoms with Crippen LogP contribution in [0.5, 0.6) is 0 Å². The Morgan fingerprint density at radius 3 is 2.14 bits per heavy atom. The number of allylic oxidation sites excluding steroid dienone is 1. The van der Waals surface area contributed by atoms with E-state index in [1.165, 1.54) is 19.1 Å². The SMILES string of the molecule is CC(=O)N(NC(C)C=C(C)C)S(=O)(=O)c1ccc(C)cc1. The average Bonchev–Trinajstić information content (AvgIpc) is 2.35. The molecule has 0 spiro atoms. The van der Waals surface area contributed by atoms with Gasteiger partial charge in [0.15, 0.2) is 0 Å². The van der Waals surface area contributed by atoms with E-state index in [4.69, 9.17) is 0 Å². The molecule has 1 aromatic rings. The van der Waals surface area contributed by atoms with Crippen LogP contribution in [0.1, 0.15) is 33.3 Å². The molecule has 0 saturated heterocycles. The Labute approximate surface area is 126 Å². The highest BCUT2D eigenvalue weighted by Crippen LogP contribution is 2.15. The van der Waals surface area contributed by atoms with Crippen molar-refractivity contribution in [3.05, 3.63) is 41.5 Å². The molecule has 0 bridgehead atoms. The van der Waals surface area contributed by atoms with Crippen molar-refractivity contribution >= 4 is 15.9 Å². The molecule has 1 unspecified atom stereocenters. The molecule has 21 heavy (non-hydrogen) atoms. The lowest BCUT2D eigenvalue weighted by Crippen LogP contribution is -2.49. The number of hydrogen-bond acceptors (Lipinski definition) is 4. The molecule has 1 N–H and O–H groups in total. The molecule has 116 valence electrons. The molecule has 0 aliphatic heterocycles. The summed E-state index contributed by atoms with van der Waals surface area (Å²) >= 11 is 0. The van der Waals surface area contributed by atoms with Crippen molar-refractivity contribution in [1.82, 2.24) is 9.84 Å². The number of carbonyl (C=O) groups excluding carboxylic acids is 1. The smallest absolute Gasteiger partial charge is 0.273 e. The first-order chi connectivity index (χ1) is 9.64. The minimum absolute atomic E-state index is 0.0835. The van der Waals surface area contributed by atoms with Gasteiger partial charge in [0.2, 0.25) is 5.91 Å². The molecule has 0 aliphatic rings. The maximum atomic E-state index is 12.5. The predicted octanol–water partition coefficient (Wildman–Crippen LogP) is 2.39. The summed E-state index contributed by atoms with van der Waals surface area (Å²) < 4.78 is 25.8. The topological polar surface area (TPSA) is 66.5 Å². The molecular formula is C15H22N2O3S. The second-order valence-electron chi connectivity index (χ2n) is 5.26. The van der Waals surface area contributed by atoms with Gasteiger partial charge in [-0.05, 0) is 39.8 Å². The van der Waals surface area contributed by atoms with Gasteiger partial charge >= 0.3 is 0 Å². The van der Waals surface area contributed by atoms with Gasteiger partial charge < -0.3 is 0 Å². The number of carbonyl (C=O) groups is 1. The lowest BCUT2D eigenvalue weighted by Gasteiger charge is -2.24. The summed E-state index contributed by atoms with van der Waals surface area (Å²) in [6.07, 6.45) is 1.85. The third-order valence-corrected chi connectivity index (χ3v) is 4.46. The van der Waals surface area contributed by atoms with Gasteiger partial charge in [-0.3, -0.25) is 4.79 Å². The molecule has 0 radical (unpaired) electrons. The molecule has 5 nitrogen and oxygen atoms in total. The average molecular weight is 310 g/mol. The van der Waals surface area contributed by atoms with Crippen molar-refractivity contribution in [3.63, 3.8) is 0 Å². The fourth-order valence-corrected chi connectivity index (χ4v) is 3.20. The van der Waals surface area contributed by atoms with Crippen LogP contribution in [-0.2, 0) is 14.8 Å². The van der Waals surface area contributed by atoms with Crippen LogP contribution >= 0.6 is 0 Å². The van der Waals surface area contributed by atoms with Crippen LogP contribution in [0.3, 0.4) is 0 Å². The first-order valence-corrected chi connectivity index (χ1v) is 8.12. The summed E-state index contributed by atoms with van der Waals surface area (Å²) in [6.45, 7) is 8.69. The Morgan fingerprint density at radius 2 is 1.71 bits per heavy atom. The zero-order valence-corrected chi connectivity index (χ0v) is 13.9. The standard InChI is InChI=1S/C15H22N2O3S/c1-11(2)10-13(4)16-17(14(5)18)21(19,20)15-8-6-12(3)7-9-15/h6-10,13,16H,1-5H3. The molecule has 1 aromatic carbocycles. The van der Waals surface area contributed by atoms with Crippen molar-refractivity contribution in [1.29, 1.82) is 0 Å². The Hall–Kier alpha value is -1.66. The van der Waals surface area contributed by atoms with Gasteiger partial charge in [-0.15, -0.1) is 0 Å². The van der Waals surface area contributed by atoms with Crippen LogP contribution in [0.2, 0.25) is 0 Å². The van der Waals surface area contributed by atoms with Crippen LogP contribution in [0, 0.1) is 6.92 Å². The van der Waals surface area contributed by atoms with Gasteiger partial charge in [-0.2, -0.15) is 12.8 Å². The summed E-state index contributed by atoms with van der Waals surface area (Å²) in [7, 11) is -3.90. The number of hydrazine groups is 1. The molecule has 0 aromatic heterocycles. The second kappa shape index (κ2) is 6.87. The van der Waals surface area contributed by atoms with E-state index in [0.717, 1.165) is 11.1 Å². The number of hydrogen-bond donors (Lipinski definition) is 1. The molecule has 0 saturated carbocycles. The van der Waals surface area contributed by atoms with Gasteiger partial charge in [0.1, 0.15) is 0 Å². The van der Waals surface area contributed by atoms with Gasteiger partial charge in [0, 0.05) is 13.0 Å². The minimum atomic E-state index is -3.90. The highest BCUT2D eigenvalue weighted by molar-refractivity contribution is 7.89. The number of rotatable bonds is 5. The maximum Gasteiger partial charge on any atom is 0.280 e. The quantitative estimate of drug-likeness (QED) is 0.670. The Bertz CT molecular complexity index is 629. The first kappa shape index (κ1) is 17.4. The normalized spacial score (nSPS) is 12.6. The number of aryl methyl sites for hydroxylation is 1. The highest BCUT2D eigenvalue weighted by atomic mass is 32.2. The molecule has 0 aliphatic carbocycles. The molecule has 0 fully saturated rings. The summed E-state index contributed by atoms with van der Waals surface area (Å²) in [5.74, 6) is -0.579. The molecule has 1 amide bonds. The van der Waals surface area contributed by atoms with E-state index in [2.05, 4.69) is 5.43 Å². The fourth-order valence-electron chi connectivity index (χ4n) is 1.87. The van der Waals surface area contributed by atoms with Crippen LogP contribution < -0.4 is 5.43 Å². The van der Waals surface area contributed by atoms with E-state index in [1.54, 1.807) is 19.1 Å². The van der Waals surface area contributed by atoms with Crippen molar-refractivity contribution in [2.75, 3.05) is 0 Å². The summed E-state index contributed by atoms with van der Waals surface area (Å²) in [5, 5.41) is 0. The van der Waals surface area contributed by atoms with Crippen LogP contribution in [0.25, 0.3) is 0 Å². The van der Waals surface area contributed by atoms with Crippen molar-refractivity contribution < 1.29 is 13.2 Å². The van der Waals surface area contributed by atoms with E-state index >= 15 is 0 Å². The van der Waals surface area contributed by atoms with Gasteiger partial charge in [-0.1, -0.05) is 29.3 Å². The molecule has 0 heterocycles. The molecular weight excluding hydrogens is 288 g/mol. The van der Waals surface area contributed by atoms with Crippen molar-refractivity contribution in [2.24, 2.45) is 0 Å². The number of nitrogens with zero attached hydrogens (tertiary/aromatic N) is 1. The van der Waals surface area contributed by atoms with E-state index in [0.29, 0.717) is 4.41 Å².